The van der Waals surface area contributed by atoms with Crippen molar-refractivity contribution in [2.45, 2.75) is 6.92 Å². The molecule has 18 heavy (non-hydrogen) atoms. The van der Waals surface area contributed by atoms with Gasteiger partial charge in [-0.1, -0.05) is 11.6 Å². The average Bonchev–Trinajstić information content (AvgIpc) is 2.41. The standard InChI is InChI=1S/C13H17ClN2O2/c1-10-8-11(2-3-12(10)14)18-9-13(17)16-6-4-15-5-7-16/h2-3,8,15H,4-7,9H2,1H3/p+1. The van der Waals surface area contributed by atoms with Crippen LogP contribution in [0.5, 0.6) is 5.75 Å². The summed E-state index contributed by atoms with van der Waals surface area (Å²) in [4.78, 5) is 13.7. The Morgan fingerprint density at radius 2 is 2.17 bits per heavy atom. The molecular formula is C13H18ClN2O2+. The Kier molecular flexibility index (Phi) is 4.44. The number of amides is 1. The lowest BCUT2D eigenvalue weighted by molar-refractivity contribution is -0.662. The summed E-state index contributed by atoms with van der Waals surface area (Å²) in [5.74, 6) is 0.740. The van der Waals surface area contributed by atoms with E-state index < -0.39 is 0 Å². The maximum atomic E-state index is 11.9. The van der Waals surface area contributed by atoms with Gasteiger partial charge in [-0.3, -0.25) is 4.79 Å². The van der Waals surface area contributed by atoms with E-state index in [2.05, 4.69) is 5.32 Å². The van der Waals surface area contributed by atoms with Gasteiger partial charge < -0.3 is 15.0 Å². The van der Waals surface area contributed by atoms with E-state index in [9.17, 15) is 4.79 Å². The number of rotatable bonds is 3. The van der Waals surface area contributed by atoms with Crippen molar-refractivity contribution in [3.63, 3.8) is 0 Å². The van der Waals surface area contributed by atoms with Gasteiger partial charge in [-0.25, -0.2) is 0 Å². The Balaban J connectivity index is 1.86. The second kappa shape index (κ2) is 6.07. The fourth-order valence-corrected chi connectivity index (χ4v) is 2.06. The van der Waals surface area contributed by atoms with Crippen LogP contribution in [0.15, 0.2) is 18.2 Å². The number of hydrogen-bond acceptors (Lipinski definition) is 2. The number of carbonyl (C=O) groups is 1. The van der Waals surface area contributed by atoms with E-state index in [1.54, 1.807) is 12.1 Å². The van der Waals surface area contributed by atoms with Crippen LogP contribution >= 0.6 is 11.6 Å². The Hall–Kier alpha value is -1.26. The number of nitrogens with zero attached hydrogens (tertiary/aromatic N) is 1. The fourth-order valence-electron chi connectivity index (χ4n) is 1.94. The fraction of sp³-hybridized carbons (Fsp3) is 0.462. The highest BCUT2D eigenvalue weighted by Crippen LogP contribution is 2.20. The van der Waals surface area contributed by atoms with Crippen molar-refractivity contribution in [2.24, 2.45) is 0 Å². The molecule has 1 amide bonds. The van der Waals surface area contributed by atoms with E-state index >= 15 is 0 Å². The molecule has 1 heterocycles. The molecule has 0 bridgehead atoms. The van der Waals surface area contributed by atoms with Crippen LogP contribution < -0.4 is 10.1 Å². The summed E-state index contributed by atoms with van der Waals surface area (Å²) in [5.41, 5.74) is 0.953. The van der Waals surface area contributed by atoms with E-state index in [1.165, 1.54) is 0 Å². The highest BCUT2D eigenvalue weighted by molar-refractivity contribution is 6.31. The van der Waals surface area contributed by atoms with Crippen LogP contribution in [-0.4, -0.2) is 43.6 Å². The predicted molar refractivity (Wildman–Crippen MR) is 69.9 cm³/mol. The molecule has 0 spiro atoms. The zero-order chi connectivity index (χ0) is 13.0. The maximum absolute atomic E-state index is 11.9. The first kappa shape index (κ1) is 13.2. The van der Waals surface area contributed by atoms with Crippen LogP contribution in [0.1, 0.15) is 5.56 Å². The third-order valence-electron chi connectivity index (χ3n) is 3.05. The summed E-state index contributed by atoms with van der Waals surface area (Å²) in [6, 6.07) is 5.42. The third kappa shape index (κ3) is 3.37. The number of hydrogen-bond donors (Lipinski definition) is 1. The summed E-state index contributed by atoms with van der Waals surface area (Å²) in [6.07, 6.45) is 0. The SMILES string of the molecule is Cc1cc(OCC(=O)N2CC[NH2+]CC2)ccc1Cl. The normalized spacial score (nSPS) is 15.6. The Morgan fingerprint density at radius 3 is 2.83 bits per heavy atom. The van der Waals surface area contributed by atoms with E-state index in [0.29, 0.717) is 10.8 Å². The van der Waals surface area contributed by atoms with Gasteiger partial charge >= 0.3 is 0 Å². The quantitative estimate of drug-likeness (QED) is 0.865. The molecule has 1 aliphatic heterocycles. The molecule has 2 rings (SSSR count). The Morgan fingerprint density at radius 1 is 1.44 bits per heavy atom. The monoisotopic (exact) mass is 269 g/mol. The van der Waals surface area contributed by atoms with E-state index in [4.69, 9.17) is 16.3 Å². The van der Waals surface area contributed by atoms with Gasteiger partial charge in [-0.05, 0) is 30.7 Å². The van der Waals surface area contributed by atoms with Gasteiger partial charge in [0.05, 0.1) is 26.2 Å². The van der Waals surface area contributed by atoms with E-state index in [1.807, 2.05) is 17.9 Å². The van der Waals surface area contributed by atoms with Gasteiger partial charge in [0.2, 0.25) is 0 Å². The van der Waals surface area contributed by atoms with Crippen molar-refractivity contribution < 1.29 is 14.8 Å². The second-order valence-electron chi connectivity index (χ2n) is 4.45. The molecule has 0 atom stereocenters. The Bertz CT molecular complexity index is 431. The number of quaternary nitrogens is 1. The second-order valence-corrected chi connectivity index (χ2v) is 4.85. The van der Waals surface area contributed by atoms with Gasteiger partial charge in [-0.15, -0.1) is 0 Å². The summed E-state index contributed by atoms with van der Waals surface area (Å²) in [5, 5.41) is 2.92. The molecule has 1 saturated heterocycles. The molecule has 1 aromatic carbocycles. The molecule has 0 unspecified atom stereocenters. The summed E-state index contributed by atoms with van der Waals surface area (Å²) in [7, 11) is 0. The number of nitrogens with two attached hydrogens (primary N) is 1. The zero-order valence-corrected chi connectivity index (χ0v) is 11.2. The third-order valence-corrected chi connectivity index (χ3v) is 3.47. The lowest BCUT2D eigenvalue weighted by Crippen LogP contribution is -2.90. The minimum absolute atomic E-state index is 0.0516. The van der Waals surface area contributed by atoms with E-state index in [0.717, 1.165) is 31.7 Å². The molecule has 4 nitrogen and oxygen atoms in total. The molecule has 5 heteroatoms. The van der Waals surface area contributed by atoms with Gasteiger partial charge in [-0.2, -0.15) is 0 Å². The molecule has 1 aliphatic rings. The largest absolute Gasteiger partial charge is 0.484 e. The minimum atomic E-state index is 0.0516. The zero-order valence-electron chi connectivity index (χ0n) is 10.5. The molecule has 0 aliphatic carbocycles. The van der Waals surface area contributed by atoms with E-state index in [-0.39, 0.29) is 12.5 Å². The van der Waals surface area contributed by atoms with Crippen molar-refractivity contribution in [1.82, 2.24) is 4.90 Å². The number of halogens is 1. The van der Waals surface area contributed by atoms with Gasteiger partial charge in [0.1, 0.15) is 5.75 Å². The van der Waals surface area contributed by atoms with Crippen LogP contribution in [-0.2, 0) is 4.79 Å². The number of carbonyl (C=O) groups excluding carboxylic acids is 1. The lowest BCUT2D eigenvalue weighted by atomic mass is 10.2. The van der Waals surface area contributed by atoms with Crippen LogP contribution in [0.25, 0.3) is 0 Å². The molecule has 2 N–H and O–H groups in total. The van der Waals surface area contributed by atoms with Gasteiger partial charge in [0.25, 0.3) is 5.91 Å². The van der Waals surface area contributed by atoms with Crippen molar-refractivity contribution in [2.75, 3.05) is 32.8 Å². The first-order valence-corrected chi connectivity index (χ1v) is 6.53. The van der Waals surface area contributed by atoms with Crippen molar-refractivity contribution in [3.8, 4) is 5.75 Å². The molecular weight excluding hydrogens is 252 g/mol. The van der Waals surface area contributed by atoms with Crippen LogP contribution in [0, 0.1) is 6.92 Å². The van der Waals surface area contributed by atoms with Gasteiger partial charge in [0.15, 0.2) is 6.61 Å². The number of piperazine rings is 1. The summed E-state index contributed by atoms with van der Waals surface area (Å²) >= 11 is 5.93. The van der Waals surface area contributed by atoms with Crippen LogP contribution in [0.4, 0.5) is 0 Å². The highest BCUT2D eigenvalue weighted by Gasteiger charge is 2.18. The predicted octanol–water partition coefficient (Wildman–Crippen LogP) is 0.433. The molecule has 1 aromatic rings. The molecule has 0 saturated carbocycles. The first-order valence-electron chi connectivity index (χ1n) is 6.15. The topological polar surface area (TPSA) is 46.1 Å². The number of aryl methyl sites for hydroxylation is 1. The van der Waals surface area contributed by atoms with Gasteiger partial charge in [0, 0.05) is 5.02 Å². The van der Waals surface area contributed by atoms with Crippen LogP contribution in [0.2, 0.25) is 5.02 Å². The maximum Gasteiger partial charge on any atom is 0.260 e. The van der Waals surface area contributed by atoms with Crippen molar-refractivity contribution >= 4 is 17.5 Å². The number of benzene rings is 1. The highest BCUT2D eigenvalue weighted by atomic mass is 35.5. The lowest BCUT2D eigenvalue weighted by Gasteiger charge is -2.25. The average molecular weight is 270 g/mol. The number of ether oxygens (including phenoxy) is 1. The summed E-state index contributed by atoms with van der Waals surface area (Å²) in [6.45, 7) is 5.58. The first-order chi connectivity index (χ1) is 8.66. The van der Waals surface area contributed by atoms with Crippen LogP contribution in [0.3, 0.4) is 0 Å². The molecule has 0 aromatic heterocycles. The minimum Gasteiger partial charge on any atom is -0.484 e. The Labute approximate surface area is 112 Å². The molecule has 98 valence electrons. The smallest absolute Gasteiger partial charge is 0.260 e. The molecule has 0 radical (unpaired) electrons. The summed E-state index contributed by atoms with van der Waals surface area (Å²) < 4.78 is 5.50. The van der Waals surface area contributed by atoms with Crippen molar-refractivity contribution in [1.29, 1.82) is 0 Å². The van der Waals surface area contributed by atoms with Crippen molar-refractivity contribution in [3.05, 3.63) is 28.8 Å². The molecule has 1 fully saturated rings.